The molecule has 0 unspecified atom stereocenters. The van der Waals surface area contributed by atoms with Gasteiger partial charge in [0.05, 0.1) is 7.11 Å². The molecular weight excluding hydrogens is 284 g/mol. The molecule has 0 fully saturated rings. The van der Waals surface area contributed by atoms with Crippen LogP contribution in [0.2, 0.25) is 0 Å². The third-order valence-electron chi connectivity index (χ3n) is 1.71. The van der Waals surface area contributed by atoms with Crippen LogP contribution in [0.3, 0.4) is 0 Å². The number of unbranched alkanes of at least 4 members (excludes halogenated alkanes) is 4. The molecule has 0 radical (unpaired) electrons. The first-order valence-electron chi connectivity index (χ1n) is 4.38. The zero-order valence-electron chi connectivity index (χ0n) is 8.06. The molecule has 0 N–H and O–H groups in total. The summed E-state index contributed by atoms with van der Waals surface area (Å²) in [5.74, 6) is -0.0819. The second-order valence-electron chi connectivity index (χ2n) is 2.74. The number of ether oxygens (including phenoxy) is 1. The van der Waals surface area contributed by atoms with E-state index in [1.807, 2.05) is 0 Å². The second-order valence-corrected chi connectivity index (χ2v) is 2.74. The molecule has 70 valence electrons. The van der Waals surface area contributed by atoms with E-state index in [2.05, 4.69) is 11.7 Å². The van der Waals surface area contributed by atoms with Crippen LogP contribution in [0.1, 0.15) is 45.4 Å². The van der Waals surface area contributed by atoms with E-state index in [4.69, 9.17) is 0 Å². The van der Waals surface area contributed by atoms with Gasteiger partial charge in [-0.05, 0) is 6.42 Å². The van der Waals surface area contributed by atoms with Crippen molar-refractivity contribution < 1.29 is 50.4 Å². The van der Waals surface area contributed by atoms with E-state index in [1.165, 1.54) is 26.4 Å². The zero-order valence-corrected chi connectivity index (χ0v) is 11.3. The summed E-state index contributed by atoms with van der Waals surface area (Å²) in [6, 6.07) is 0. The molecule has 12 heavy (non-hydrogen) atoms. The van der Waals surface area contributed by atoms with E-state index in [-0.39, 0.29) is 46.8 Å². The fourth-order valence-corrected chi connectivity index (χ4v) is 0.975. The predicted molar refractivity (Wildman–Crippen MR) is 45.4 cm³/mol. The average molecular weight is 302 g/mol. The minimum Gasteiger partial charge on any atom is -0.469 e. The van der Waals surface area contributed by atoms with Gasteiger partial charge in [0, 0.05) is 47.3 Å². The van der Waals surface area contributed by atoms with Gasteiger partial charge < -0.3 is 4.74 Å². The first kappa shape index (κ1) is 15.3. The maximum absolute atomic E-state index is 10.6. The Bertz CT molecular complexity index is 105. The number of hydrogen-bond donors (Lipinski definition) is 0. The Morgan fingerprint density at radius 1 is 1.17 bits per heavy atom. The number of carbonyl (C=O) groups is 1. The molecule has 0 heterocycles. The predicted octanol–water partition coefficient (Wildman–Crippen LogP) is 2.52. The zero-order chi connectivity index (χ0) is 8.53. The summed E-state index contributed by atoms with van der Waals surface area (Å²) in [5.41, 5.74) is 0. The SMILES string of the molecule is CCCCCCCC(=O)OC.[Nd]. The summed E-state index contributed by atoms with van der Waals surface area (Å²) in [5, 5.41) is 0. The number of hydrogen-bond acceptors (Lipinski definition) is 2. The maximum Gasteiger partial charge on any atom is 0.305 e. The average Bonchev–Trinajstić information content (AvgIpc) is 2.04. The maximum atomic E-state index is 10.6. The smallest absolute Gasteiger partial charge is 0.305 e. The summed E-state index contributed by atoms with van der Waals surface area (Å²) in [7, 11) is 1.44. The molecule has 0 bridgehead atoms. The van der Waals surface area contributed by atoms with Crippen LogP contribution in [0.5, 0.6) is 0 Å². The normalized spacial score (nSPS) is 8.83. The van der Waals surface area contributed by atoms with Gasteiger partial charge in [0.1, 0.15) is 0 Å². The molecule has 0 aromatic heterocycles. The van der Waals surface area contributed by atoms with Gasteiger partial charge in [-0.15, -0.1) is 0 Å². The van der Waals surface area contributed by atoms with Crippen LogP contribution >= 0.6 is 0 Å². The Hall–Kier alpha value is 0.821. The van der Waals surface area contributed by atoms with E-state index in [0.717, 1.165) is 12.8 Å². The topological polar surface area (TPSA) is 26.3 Å². The van der Waals surface area contributed by atoms with Crippen LogP contribution in [0.15, 0.2) is 0 Å². The van der Waals surface area contributed by atoms with E-state index in [1.54, 1.807) is 0 Å². The van der Waals surface area contributed by atoms with Crippen LogP contribution in [0.4, 0.5) is 0 Å². The molecule has 2 nitrogen and oxygen atoms in total. The van der Waals surface area contributed by atoms with Crippen molar-refractivity contribution in [1.29, 1.82) is 0 Å². The minimum atomic E-state index is -0.0819. The van der Waals surface area contributed by atoms with Crippen LogP contribution < -0.4 is 0 Å². The molecule has 0 aliphatic rings. The quantitative estimate of drug-likeness (QED) is 0.557. The van der Waals surface area contributed by atoms with Crippen LogP contribution in [0.25, 0.3) is 0 Å². The number of carbonyl (C=O) groups excluding carboxylic acids is 1. The Balaban J connectivity index is 0. The van der Waals surface area contributed by atoms with Crippen molar-refractivity contribution >= 4 is 5.97 Å². The molecule has 0 aliphatic heterocycles. The van der Waals surface area contributed by atoms with E-state index in [0.29, 0.717) is 6.42 Å². The van der Waals surface area contributed by atoms with Gasteiger partial charge in [-0.2, -0.15) is 0 Å². The molecule has 0 saturated heterocycles. The summed E-state index contributed by atoms with van der Waals surface area (Å²) < 4.78 is 4.52. The molecule has 0 spiro atoms. The molecule has 0 amide bonds. The Labute approximate surface area is 108 Å². The number of rotatable bonds is 6. The van der Waals surface area contributed by atoms with E-state index >= 15 is 0 Å². The van der Waals surface area contributed by atoms with Gasteiger partial charge >= 0.3 is 5.97 Å². The number of esters is 1. The fourth-order valence-electron chi connectivity index (χ4n) is 0.975. The second kappa shape index (κ2) is 11.8. The Morgan fingerprint density at radius 2 is 1.75 bits per heavy atom. The summed E-state index contributed by atoms with van der Waals surface area (Å²) in [6.45, 7) is 2.18. The van der Waals surface area contributed by atoms with Crippen molar-refractivity contribution in [2.24, 2.45) is 0 Å². The van der Waals surface area contributed by atoms with E-state index in [9.17, 15) is 4.79 Å². The molecule has 0 rings (SSSR count). The first-order chi connectivity index (χ1) is 5.31. The van der Waals surface area contributed by atoms with Crippen molar-refractivity contribution in [3.63, 3.8) is 0 Å². The standard InChI is InChI=1S/C9H18O2.Nd/c1-3-4-5-6-7-8-9(10)11-2;/h3-8H2,1-2H3;. The molecule has 0 atom stereocenters. The summed E-state index contributed by atoms with van der Waals surface area (Å²) in [6.07, 6.45) is 6.49. The van der Waals surface area contributed by atoms with Crippen LogP contribution in [0, 0.1) is 40.8 Å². The molecule has 3 heteroatoms. The third kappa shape index (κ3) is 10.8. The molecule has 0 saturated carbocycles. The third-order valence-corrected chi connectivity index (χ3v) is 1.71. The number of methoxy groups -OCH3 is 1. The monoisotopic (exact) mass is 300 g/mol. The van der Waals surface area contributed by atoms with Crippen molar-refractivity contribution in [3.05, 3.63) is 0 Å². The Morgan fingerprint density at radius 3 is 2.25 bits per heavy atom. The van der Waals surface area contributed by atoms with Crippen LogP contribution in [-0.2, 0) is 9.53 Å². The van der Waals surface area contributed by atoms with Crippen molar-refractivity contribution in [1.82, 2.24) is 0 Å². The van der Waals surface area contributed by atoms with Gasteiger partial charge in [0.2, 0.25) is 0 Å². The first-order valence-corrected chi connectivity index (χ1v) is 4.38. The van der Waals surface area contributed by atoms with Crippen molar-refractivity contribution in [3.8, 4) is 0 Å². The van der Waals surface area contributed by atoms with Gasteiger partial charge in [0.25, 0.3) is 0 Å². The summed E-state index contributed by atoms with van der Waals surface area (Å²) in [4.78, 5) is 10.6. The minimum absolute atomic E-state index is 0. The molecule has 0 aromatic rings. The molecule has 0 aliphatic carbocycles. The van der Waals surface area contributed by atoms with Gasteiger partial charge in [-0.1, -0.05) is 32.6 Å². The largest absolute Gasteiger partial charge is 0.469 e. The van der Waals surface area contributed by atoms with Gasteiger partial charge in [-0.3, -0.25) is 4.79 Å². The fraction of sp³-hybridized carbons (Fsp3) is 0.889. The van der Waals surface area contributed by atoms with Crippen LogP contribution in [-0.4, -0.2) is 13.1 Å². The van der Waals surface area contributed by atoms with Gasteiger partial charge in [0.15, 0.2) is 0 Å². The van der Waals surface area contributed by atoms with Gasteiger partial charge in [-0.25, -0.2) is 0 Å². The van der Waals surface area contributed by atoms with Crippen molar-refractivity contribution in [2.45, 2.75) is 45.4 Å². The molecule has 0 aromatic carbocycles. The van der Waals surface area contributed by atoms with E-state index < -0.39 is 0 Å². The summed E-state index contributed by atoms with van der Waals surface area (Å²) >= 11 is 0. The molecular formula is C9H18NdO2. The van der Waals surface area contributed by atoms with Crippen molar-refractivity contribution in [2.75, 3.05) is 7.11 Å². The Kier molecular flexibility index (Phi) is 15.1.